The fourth-order valence-corrected chi connectivity index (χ4v) is 2.17. The van der Waals surface area contributed by atoms with Crippen LogP contribution in [0, 0.1) is 0 Å². The van der Waals surface area contributed by atoms with Gasteiger partial charge >= 0.3 is 5.69 Å². The van der Waals surface area contributed by atoms with Gasteiger partial charge in [-0.3, -0.25) is 13.9 Å². The summed E-state index contributed by atoms with van der Waals surface area (Å²) in [5.41, 5.74) is 5.01. The molecule has 0 aromatic carbocycles. The molecule has 0 saturated carbocycles. The predicted octanol–water partition coefficient (Wildman–Crippen LogP) is 0.766. The molecule has 0 radical (unpaired) electrons. The van der Waals surface area contributed by atoms with Crippen LogP contribution in [0.1, 0.15) is 33.6 Å². The summed E-state index contributed by atoms with van der Waals surface area (Å²) < 4.78 is 7.65. The van der Waals surface area contributed by atoms with Crippen molar-refractivity contribution in [2.45, 2.75) is 45.7 Å². The van der Waals surface area contributed by atoms with E-state index in [0.29, 0.717) is 13.2 Å². The van der Waals surface area contributed by atoms with Gasteiger partial charge in [-0.15, -0.1) is 0 Å². The summed E-state index contributed by atoms with van der Waals surface area (Å²) in [5.74, 6) is 0.181. The molecule has 1 rings (SSSR count). The van der Waals surface area contributed by atoms with Crippen LogP contribution in [-0.2, 0) is 18.3 Å². The van der Waals surface area contributed by atoms with Crippen LogP contribution in [0.5, 0.6) is 0 Å². The van der Waals surface area contributed by atoms with E-state index in [1.807, 2.05) is 20.8 Å². The van der Waals surface area contributed by atoms with E-state index in [2.05, 4.69) is 5.32 Å². The Morgan fingerprint density at radius 1 is 1.33 bits per heavy atom. The molecule has 21 heavy (non-hydrogen) atoms. The van der Waals surface area contributed by atoms with Gasteiger partial charge in [0.15, 0.2) is 0 Å². The highest BCUT2D eigenvalue weighted by Gasteiger charge is 2.23. The molecule has 0 spiro atoms. The van der Waals surface area contributed by atoms with Crippen molar-refractivity contribution in [1.29, 1.82) is 0 Å². The minimum atomic E-state index is -0.470. The molecule has 0 amide bonds. The number of hydrogen-bond donors (Lipinski definition) is 2. The molecule has 0 aliphatic heterocycles. The van der Waals surface area contributed by atoms with Gasteiger partial charge in [-0.05, 0) is 20.3 Å². The molecule has 3 N–H and O–H groups in total. The number of nitrogens with zero attached hydrogens (tertiary/aromatic N) is 2. The molecule has 0 fully saturated rings. The van der Waals surface area contributed by atoms with Gasteiger partial charge in [-0.25, -0.2) is 4.79 Å². The van der Waals surface area contributed by atoms with Crippen molar-refractivity contribution in [3.05, 3.63) is 20.8 Å². The van der Waals surface area contributed by atoms with Crippen molar-refractivity contribution in [2.75, 3.05) is 24.8 Å². The fourth-order valence-electron chi connectivity index (χ4n) is 2.17. The second-order valence-corrected chi connectivity index (χ2v) is 5.85. The maximum atomic E-state index is 12.3. The van der Waals surface area contributed by atoms with Gasteiger partial charge in [0.1, 0.15) is 11.5 Å². The number of unbranched alkanes of at least 4 members (excludes halogenated alkanes) is 1. The molecular formula is C14H26N4O3. The number of ether oxygens (including phenoxy) is 1. The molecule has 7 nitrogen and oxygen atoms in total. The van der Waals surface area contributed by atoms with Crippen molar-refractivity contribution in [1.82, 2.24) is 9.13 Å². The molecule has 0 aliphatic carbocycles. The molecule has 1 aromatic rings. The van der Waals surface area contributed by atoms with E-state index in [0.717, 1.165) is 17.4 Å². The Labute approximate surface area is 124 Å². The maximum Gasteiger partial charge on any atom is 0.332 e. The first-order chi connectivity index (χ1) is 9.75. The quantitative estimate of drug-likeness (QED) is 0.775. The maximum absolute atomic E-state index is 12.3. The monoisotopic (exact) mass is 298 g/mol. The molecule has 1 heterocycles. The van der Waals surface area contributed by atoms with Crippen LogP contribution in [0.3, 0.4) is 0 Å². The number of methoxy groups -OCH3 is 1. The summed E-state index contributed by atoms with van der Waals surface area (Å²) in [5, 5.41) is 3.10. The van der Waals surface area contributed by atoms with Crippen LogP contribution in [0.4, 0.5) is 11.5 Å². The topological polar surface area (TPSA) is 91.3 Å². The van der Waals surface area contributed by atoms with Gasteiger partial charge in [0, 0.05) is 20.7 Å². The van der Waals surface area contributed by atoms with Crippen molar-refractivity contribution in [2.24, 2.45) is 7.05 Å². The van der Waals surface area contributed by atoms with Gasteiger partial charge in [0.05, 0.1) is 12.1 Å². The van der Waals surface area contributed by atoms with E-state index in [9.17, 15) is 9.59 Å². The molecule has 0 saturated heterocycles. The van der Waals surface area contributed by atoms with Gasteiger partial charge in [-0.2, -0.15) is 0 Å². The van der Waals surface area contributed by atoms with Gasteiger partial charge in [0.2, 0.25) is 0 Å². The van der Waals surface area contributed by atoms with Gasteiger partial charge in [-0.1, -0.05) is 13.3 Å². The summed E-state index contributed by atoms with van der Waals surface area (Å²) in [7, 11) is 3.05. The lowest BCUT2D eigenvalue weighted by Crippen LogP contribution is -2.45. The second kappa shape index (κ2) is 6.80. The Morgan fingerprint density at radius 3 is 2.48 bits per heavy atom. The molecule has 7 heteroatoms. The third kappa shape index (κ3) is 3.87. The van der Waals surface area contributed by atoms with Crippen LogP contribution < -0.4 is 22.3 Å². The highest BCUT2D eigenvalue weighted by Crippen LogP contribution is 2.17. The number of aromatic nitrogens is 2. The summed E-state index contributed by atoms with van der Waals surface area (Å²) in [6, 6.07) is 0. The van der Waals surface area contributed by atoms with Crippen LogP contribution in [0.15, 0.2) is 9.59 Å². The van der Waals surface area contributed by atoms with Crippen LogP contribution in [0.25, 0.3) is 0 Å². The van der Waals surface area contributed by atoms with E-state index in [1.165, 1.54) is 11.6 Å². The lowest BCUT2D eigenvalue weighted by molar-refractivity contribution is 0.158. The molecule has 0 bridgehead atoms. The summed E-state index contributed by atoms with van der Waals surface area (Å²) in [4.78, 5) is 24.4. The van der Waals surface area contributed by atoms with Crippen LogP contribution in [-0.4, -0.2) is 28.4 Å². The van der Waals surface area contributed by atoms with Gasteiger partial charge < -0.3 is 15.8 Å². The number of nitrogen functional groups attached to an aromatic ring is 1. The minimum Gasteiger partial charge on any atom is -0.383 e. The molecule has 0 aliphatic rings. The summed E-state index contributed by atoms with van der Waals surface area (Å²) in [6.07, 6.45) is 1.76. The first kappa shape index (κ1) is 17.3. The molecule has 1 aromatic heterocycles. The zero-order valence-electron chi connectivity index (χ0n) is 13.5. The average Bonchev–Trinajstić information content (AvgIpc) is 2.41. The molecular weight excluding hydrogens is 272 g/mol. The predicted molar refractivity (Wildman–Crippen MR) is 84.8 cm³/mol. The zero-order valence-corrected chi connectivity index (χ0v) is 13.5. The number of anilines is 2. The van der Waals surface area contributed by atoms with Crippen molar-refractivity contribution in [3.63, 3.8) is 0 Å². The minimum absolute atomic E-state index is 0.181. The fraction of sp³-hybridized carbons (Fsp3) is 0.714. The van der Waals surface area contributed by atoms with Crippen LogP contribution >= 0.6 is 0 Å². The molecule has 120 valence electrons. The average molecular weight is 298 g/mol. The number of hydrogen-bond acceptors (Lipinski definition) is 5. The second-order valence-electron chi connectivity index (χ2n) is 5.85. The summed E-state index contributed by atoms with van der Waals surface area (Å²) in [6.45, 7) is 6.73. The smallest absolute Gasteiger partial charge is 0.332 e. The third-order valence-electron chi connectivity index (χ3n) is 3.29. The van der Waals surface area contributed by atoms with Crippen molar-refractivity contribution in [3.8, 4) is 0 Å². The lowest BCUT2D eigenvalue weighted by atomic mass is 10.1. The van der Waals surface area contributed by atoms with Crippen molar-refractivity contribution < 1.29 is 4.74 Å². The third-order valence-corrected chi connectivity index (χ3v) is 3.29. The van der Waals surface area contributed by atoms with Gasteiger partial charge in [0.25, 0.3) is 5.56 Å². The normalized spacial score (nSPS) is 11.7. The number of nitrogens with one attached hydrogen (secondary N) is 1. The SMILES string of the molecule is CCCCn1c(N)c(NC(C)(C)COC)c(=O)n(C)c1=O. The Balaban J connectivity index is 3.35. The van der Waals surface area contributed by atoms with E-state index >= 15 is 0 Å². The molecule has 0 unspecified atom stereocenters. The number of nitrogens with two attached hydrogens (primary N) is 1. The van der Waals surface area contributed by atoms with E-state index in [1.54, 1.807) is 7.11 Å². The zero-order chi connectivity index (χ0) is 16.2. The first-order valence-electron chi connectivity index (χ1n) is 7.11. The number of rotatable bonds is 7. The van der Waals surface area contributed by atoms with Crippen LogP contribution in [0.2, 0.25) is 0 Å². The Morgan fingerprint density at radius 2 is 1.95 bits per heavy atom. The highest BCUT2D eigenvalue weighted by atomic mass is 16.5. The summed E-state index contributed by atoms with van der Waals surface area (Å²) >= 11 is 0. The van der Waals surface area contributed by atoms with Crippen molar-refractivity contribution >= 4 is 11.5 Å². The largest absolute Gasteiger partial charge is 0.383 e. The lowest BCUT2D eigenvalue weighted by Gasteiger charge is -2.27. The molecule has 0 atom stereocenters. The Bertz CT molecular complexity index is 601. The van der Waals surface area contributed by atoms with E-state index in [-0.39, 0.29) is 17.2 Å². The Kier molecular flexibility index (Phi) is 5.60. The Hall–Kier alpha value is -1.76. The first-order valence-corrected chi connectivity index (χ1v) is 7.11. The standard InChI is InChI=1S/C14H26N4O3/c1-6-7-8-18-11(15)10(12(19)17(4)13(18)20)16-14(2,3)9-21-5/h16H,6-9,15H2,1-5H3. The highest BCUT2D eigenvalue weighted by molar-refractivity contribution is 5.61. The van der Waals surface area contributed by atoms with E-state index in [4.69, 9.17) is 10.5 Å². The van der Waals surface area contributed by atoms with E-state index < -0.39 is 11.1 Å².